The molecule has 0 fully saturated rings. The summed E-state index contributed by atoms with van der Waals surface area (Å²) in [6.45, 7) is 4.32. The van der Waals surface area contributed by atoms with Gasteiger partial charge in [-0.15, -0.1) is 0 Å². The molecule has 0 bridgehead atoms. The summed E-state index contributed by atoms with van der Waals surface area (Å²) in [5.74, 6) is 1.17. The van der Waals surface area contributed by atoms with E-state index in [-0.39, 0.29) is 0 Å². The normalized spacial score (nSPS) is 10.2. The van der Waals surface area contributed by atoms with E-state index in [2.05, 4.69) is 35.9 Å². The second-order valence-corrected chi connectivity index (χ2v) is 4.18. The van der Waals surface area contributed by atoms with E-state index in [9.17, 15) is 0 Å². The lowest BCUT2D eigenvalue weighted by Crippen LogP contribution is -1.91. The molecule has 0 aliphatic rings. The van der Waals surface area contributed by atoms with Crippen molar-refractivity contribution in [1.29, 1.82) is 5.26 Å². The molecule has 2 aromatic rings. The third-order valence-electron chi connectivity index (χ3n) is 2.62. The minimum atomic E-state index is 0.479. The summed E-state index contributed by atoms with van der Waals surface area (Å²) >= 11 is 0. The number of rotatable bonds is 2. The molecular formula is C14H13N3. The van der Waals surface area contributed by atoms with E-state index in [1.165, 1.54) is 5.56 Å². The maximum atomic E-state index is 8.67. The van der Waals surface area contributed by atoms with E-state index in [4.69, 9.17) is 5.26 Å². The van der Waals surface area contributed by atoms with Crippen LogP contribution < -0.4 is 0 Å². The molecule has 3 heteroatoms. The first-order valence-corrected chi connectivity index (χ1v) is 5.53. The quantitative estimate of drug-likeness (QED) is 0.785. The number of hydrogen-bond acceptors (Lipinski definition) is 3. The third kappa shape index (κ3) is 2.48. The molecule has 1 aromatic carbocycles. The van der Waals surface area contributed by atoms with Crippen LogP contribution in [-0.4, -0.2) is 9.97 Å². The van der Waals surface area contributed by atoms with Crippen molar-refractivity contribution in [2.75, 3.05) is 0 Å². The maximum Gasteiger partial charge on any atom is 0.159 e. The zero-order valence-corrected chi connectivity index (χ0v) is 9.88. The first-order valence-electron chi connectivity index (χ1n) is 5.53. The zero-order valence-electron chi connectivity index (χ0n) is 9.88. The van der Waals surface area contributed by atoms with Gasteiger partial charge in [0.25, 0.3) is 0 Å². The molecule has 0 N–H and O–H groups in total. The Balaban J connectivity index is 2.30. The lowest BCUT2D eigenvalue weighted by molar-refractivity contribution is 0.867. The summed E-state index contributed by atoms with van der Waals surface area (Å²) in [6, 6.07) is 10.2. The fraction of sp³-hybridized carbons (Fsp3) is 0.214. The maximum absolute atomic E-state index is 8.67. The monoisotopic (exact) mass is 223 g/mol. The number of nitrogens with zero attached hydrogens (tertiary/aromatic N) is 3. The third-order valence-corrected chi connectivity index (χ3v) is 2.62. The van der Waals surface area contributed by atoms with Gasteiger partial charge in [-0.3, -0.25) is 0 Å². The molecule has 0 spiro atoms. The molecule has 3 nitrogen and oxygen atoms in total. The van der Waals surface area contributed by atoms with Gasteiger partial charge in [-0.2, -0.15) is 5.26 Å². The van der Waals surface area contributed by atoms with Crippen molar-refractivity contribution in [2.24, 2.45) is 0 Å². The number of benzene rings is 1. The van der Waals surface area contributed by atoms with Gasteiger partial charge in [-0.05, 0) is 11.5 Å². The highest BCUT2D eigenvalue weighted by atomic mass is 14.9. The van der Waals surface area contributed by atoms with E-state index < -0.39 is 0 Å². The zero-order chi connectivity index (χ0) is 12.3. The van der Waals surface area contributed by atoms with Crippen LogP contribution in [0.3, 0.4) is 0 Å². The van der Waals surface area contributed by atoms with Gasteiger partial charge in [0.05, 0.1) is 5.56 Å². The Bertz CT molecular complexity index is 533. The molecule has 2 rings (SSSR count). The summed E-state index contributed by atoms with van der Waals surface area (Å²) in [4.78, 5) is 8.32. The van der Waals surface area contributed by atoms with Crippen LogP contribution in [0.5, 0.6) is 0 Å². The molecule has 0 aliphatic heterocycles. The van der Waals surface area contributed by atoms with Crippen LogP contribution in [0.1, 0.15) is 30.9 Å². The molecule has 17 heavy (non-hydrogen) atoms. The van der Waals surface area contributed by atoms with Gasteiger partial charge in [0.1, 0.15) is 6.07 Å². The van der Waals surface area contributed by atoms with Crippen LogP contribution in [0.25, 0.3) is 11.4 Å². The van der Waals surface area contributed by atoms with Crippen molar-refractivity contribution >= 4 is 0 Å². The summed E-state index contributed by atoms with van der Waals surface area (Å²) in [7, 11) is 0. The molecule has 0 unspecified atom stereocenters. The van der Waals surface area contributed by atoms with E-state index in [1.807, 2.05) is 18.2 Å². The molecule has 0 radical (unpaired) electrons. The summed E-state index contributed by atoms with van der Waals surface area (Å²) < 4.78 is 0. The van der Waals surface area contributed by atoms with Crippen LogP contribution in [0.4, 0.5) is 0 Å². The first-order chi connectivity index (χ1) is 8.20. The molecule has 0 aliphatic carbocycles. The fourth-order valence-corrected chi connectivity index (χ4v) is 1.55. The van der Waals surface area contributed by atoms with Gasteiger partial charge in [-0.1, -0.05) is 38.1 Å². The van der Waals surface area contributed by atoms with E-state index in [0.717, 1.165) is 5.56 Å². The Morgan fingerprint density at radius 1 is 1.06 bits per heavy atom. The molecule has 0 saturated carbocycles. The van der Waals surface area contributed by atoms with Crippen LogP contribution >= 0.6 is 0 Å². The van der Waals surface area contributed by atoms with E-state index in [0.29, 0.717) is 17.3 Å². The van der Waals surface area contributed by atoms with Crippen molar-refractivity contribution in [2.45, 2.75) is 19.8 Å². The standard InChI is InChI=1S/C14H13N3/c1-10(2)12-3-5-13(6-4-12)14-16-8-11(7-15)9-17-14/h3-6,8-10H,1-2H3. The Labute approximate surface area is 101 Å². The van der Waals surface area contributed by atoms with Crippen molar-refractivity contribution < 1.29 is 0 Å². The van der Waals surface area contributed by atoms with Crippen molar-refractivity contribution in [3.63, 3.8) is 0 Å². The van der Waals surface area contributed by atoms with Gasteiger partial charge in [0.2, 0.25) is 0 Å². The van der Waals surface area contributed by atoms with E-state index >= 15 is 0 Å². The highest BCUT2D eigenvalue weighted by Crippen LogP contribution is 2.19. The lowest BCUT2D eigenvalue weighted by atomic mass is 10.0. The predicted octanol–water partition coefficient (Wildman–Crippen LogP) is 3.14. The number of aromatic nitrogens is 2. The Morgan fingerprint density at radius 3 is 2.12 bits per heavy atom. The SMILES string of the molecule is CC(C)c1ccc(-c2ncc(C#N)cn2)cc1. The second kappa shape index (κ2) is 4.75. The van der Waals surface area contributed by atoms with Crippen LogP contribution in [0.2, 0.25) is 0 Å². The predicted molar refractivity (Wildman–Crippen MR) is 66.3 cm³/mol. The molecule has 0 saturated heterocycles. The van der Waals surface area contributed by atoms with Crippen molar-refractivity contribution in [3.05, 3.63) is 47.8 Å². The average Bonchev–Trinajstić information content (AvgIpc) is 2.39. The first kappa shape index (κ1) is 11.3. The highest BCUT2D eigenvalue weighted by molar-refractivity contribution is 5.55. The van der Waals surface area contributed by atoms with Crippen LogP contribution in [-0.2, 0) is 0 Å². The number of hydrogen-bond donors (Lipinski definition) is 0. The molecule has 84 valence electrons. The highest BCUT2D eigenvalue weighted by Gasteiger charge is 2.03. The van der Waals surface area contributed by atoms with Gasteiger partial charge < -0.3 is 0 Å². The average molecular weight is 223 g/mol. The van der Waals surface area contributed by atoms with Crippen molar-refractivity contribution in [1.82, 2.24) is 9.97 Å². The largest absolute Gasteiger partial charge is 0.235 e. The van der Waals surface area contributed by atoms with E-state index in [1.54, 1.807) is 12.4 Å². The minimum Gasteiger partial charge on any atom is -0.235 e. The van der Waals surface area contributed by atoms with Gasteiger partial charge >= 0.3 is 0 Å². The Morgan fingerprint density at radius 2 is 1.65 bits per heavy atom. The molecule has 1 heterocycles. The Hall–Kier alpha value is -2.21. The smallest absolute Gasteiger partial charge is 0.159 e. The van der Waals surface area contributed by atoms with Crippen molar-refractivity contribution in [3.8, 4) is 17.5 Å². The second-order valence-electron chi connectivity index (χ2n) is 4.18. The van der Waals surface area contributed by atoms with Crippen LogP contribution in [0.15, 0.2) is 36.7 Å². The fourth-order valence-electron chi connectivity index (χ4n) is 1.55. The topological polar surface area (TPSA) is 49.6 Å². The van der Waals surface area contributed by atoms with Gasteiger partial charge in [0.15, 0.2) is 5.82 Å². The summed E-state index contributed by atoms with van der Waals surface area (Å²) in [6.07, 6.45) is 3.08. The lowest BCUT2D eigenvalue weighted by Gasteiger charge is -2.05. The molecule has 0 amide bonds. The van der Waals surface area contributed by atoms with Gasteiger partial charge in [-0.25, -0.2) is 9.97 Å². The molecule has 0 atom stereocenters. The van der Waals surface area contributed by atoms with Crippen LogP contribution in [0, 0.1) is 11.3 Å². The molecular weight excluding hydrogens is 210 g/mol. The minimum absolute atomic E-state index is 0.479. The van der Waals surface area contributed by atoms with Gasteiger partial charge in [0, 0.05) is 18.0 Å². The molecule has 1 aromatic heterocycles. The summed E-state index contributed by atoms with van der Waals surface area (Å²) in [5.41, 5.74) is 2.74. The number of nitriles is 1. The summed E-state index contributed by atoms with van der Waals surface area (Å²) in [5, 5.41) is 8.67. The Kier molecular flexibility index (Phi) is 3.15.